The summed E-state index contributed by atoms with van der Waals surface area (Å²) in [6.07, 6.45) is 2.50. The van der Waals surface area contributed by atoms with Crippen molar-refractivity contribution in [2.45, 2.75) is 12.5 Å². The van der Waals surface area contributed by atoms with Gasteiger partial charge in [-0.05, 0) is 23.8 Å². The molecule has 0 radical (unpaired) electrons. The summed E-state index contributed by atoms with van der Waals surface area (Å²) >= 11 is 0. The number of hydrogen-bond donors (Lipinski definition) is 3. The number of aromatic amines is 1. The van der Waals surface area contributed by atoms with Crippen LogP contribution in [0, 0.1) is 5.82 Å². The maximum Gasteiger partial charge on any atom is 0.224 e. The van der Waals surface area contributed by atoms with Crippen LogP contribution in [-0.2, 0) is 11.2 Å². The Hall–Kier alpha value is -2.73. The lowest BCUT2D eigenvalue weighted by Gasteiger charge is -2.13. The number of nitrogens with one attached hydrogen (secondary N) is 2. The minimum atomic E-state index is -1.08. The van der Waals surface area contributed by atoms with E-state index in [0.717, 1.165) is 16.6 Å². The SMILES string of the molecule is O=C(Cc1c[nH]c2ncccc12)NC[C@H](O)c1ccccc1F. The van der Waals surface area contributed by atoms with Gasteiger partial charge in [0.05, 0.1) is 12.5 Å². The van der Waals surface area contributed by atoms with Crippen molar-refractivity contribution in [3.63, 3.8) is 0 Å². The van der Waals surface area contributed by atoms with E-state index in [1.807, 2.05) is 6.07 Å². The van der Waals surface area contributed by atoms with Gasteiger partial charge in [0.2, 0.25) is 5.91 Å². The van der Waals surface area contributed by atoms with Crippen LogP contribution in [0.25, 0.3) is 11.0 Å². The molecule has 3 rings (SSSR count). The van der Waals surface area contributed by atoms with Crippen molar-refractivity contribution in [3.05, 3.63) is 65.7 Å². The molecule has 0 aliphatic rings. The van der Waals surface area contributed by atoms with Crippen LogP contribution in [0.15, 0.2) is 48.8 Å². The predicted octanol–water partition coefficient (Wildman–Crippen LogP) is 2.09. The number of amides is 1. The van der Waals surface area contributed by atoms with Crippen LogP contribution in [0.5, 0.6) is 0 Å². The highest BCUT2D eigenvalue weighted by Crippen LogP contribution is 2.17. The Morgan fingerprint density at radius 3 is 2.96 bits per heavy atom. The van der Waals surface area contributed by atoms with Crippen LogP contribution in [0.4, 0.5) is 4.39 Å². The van der Waals surface area contributed by atoms with Crippen molar-refractivity contribution in [2.75, 3.05) is 6.54 Å². The number of fused-ring (bicyclic) bond motifs is 1. The molecular weight excluding hydrogens is 297 g/mol. The molecule has 3 N–H and O–H groups in total. The molecule has 0 aliphatic heterocycles. The molecule has 2 heterocycles. The van der Waals surface area contributed by atoms with Gasteiger partial charge in [-0.1, -0.05) is 18.2 Å². The molecular formula is C17H16FN3O2. The minimum absolute atomic E-state index is 0.0413. The maximum atomic E-state index is 13.6. The van der Waals surface area contributed by atoms with Gasteiger partial charge >= 0.3 is 0 Å². The molecule has 1 atom stereocenters. The standard InChI is InChI=1S/C17H16FN3O2/c18-14-6-2-1-4-13(14)15(22)10-20-16(23)8-11-9-21-17-12(11)5-3-7-19-17/h1-7,9,15,22H,8,10H2,(H,19,21)(H,20,23)/t15-/m0/s1. The van der Waals surface area contributed by atoms with E-state index < -0.39 is 11.9 Å². The fourth-order valence-electron chi connectivity index (χ4n) is 2.46. The molecule has 0 bridgehead atoms. The fourth-order valence-corrected chi connectivity index (χ4v) is 2.46. The van der Waals surface area contributed by atoms with Crippen molar-refractivity contribution in [1.82, 2.24) is 15.3 Å². The van der Waals surface area contributed by atoms with E-state index in [0.29, 0.717) is 0 Å². The Morgan fingerprint density at radius 1 is 1.30 bits per heavy atom. The summed E-state index contributed by atoms with van der Waals surface area (Å²) in [4.78, 5) is 19.2. The Labute approximate surface area is 132 Å². The Balaban J connectivity index is 1.61. The third kappa shape index (κ3) is 3.37. The van der Waals surface area contributed by atoms with Crippen LogP contribution in [0.1, 0.15) is 17.2 Å². The van der Waals surface area contributed by atoms with Crippen molar-refractivity contribution >= 4 is 16.9 Å². The zero-order valence-corrected chi connectivity index (χ0v) is 12.3. The maximum absolute atomic E-state index is 13.6. The quantitative estimate of drug-likeness (QED) is 0.675. The third-order valence-corrected chi connectivity index (χ3v) is 3.64. The summed E-state index contributed by atoms with van der Waals surface area (Å²) in [7, 11) is 0. The van der Waals surface area contributed by atoms with Crippen LogP contribution in [0.2, 0.25) is 0 Å². The topological polar surface area (TPSA) is 78.0 Å². The largest absolute Gasteiger partial charge is 0.386 e. The van der Waals surface area contributed by atoms with Crippen LogP contribution in [0.3, 0.4) is 0 Å². The van der Waals surface area contributed by atoms with Gasteiger partial charge in [-0.25, -0.2) is 9.37 Å². The Kier molecular flexibility index (Phi) is 4.34. The zero-order chi connectivity index (χ0) is 16.2. The van der Waals surface area contributed by atoms with Gasteiger partial charge in [0.25, 0.3) is 0 Å². The van der Waals surface area contributed by atoms with Crippen LogP contribution < -0.4 is 5.32 Å². The number of nitrogens with zero attached hydrogens (tertiary/aromatic N) is 1. The average molecular weight is 313 g/mol. The molecule has 5 nitrogen and oxygen atoms in total. The number of aliphatic hydroxyl groups excluding tert-OH is 1. The number of halogens is 1. The van der Waals surface area contributed by atoms with E-state index in [1.54, 1.807) is 30.6 Å². The van der Waals surface area contributed by atoms with Gasteiger partial charge in [-0.2, -0.15) is 0 Å². The van der Waals surface area contributed by atoms with Crippen LogP contribution in [-0.4, -0.2) is 27.5 Å². The number of aromatic nitrogens is 2. The van der Waals surface area contributed by atoms with E-state index >= 15 is 0 Å². The van der Waals surface area contributed by atoms with Gasteiger partial charge in [0.1, 0.15) is 11.5 Å². The number of hydrogen-bond acceptors (Lipinski definition) is 3. The molecule has 1 aromatic carbocycles. The second kappa shape index (κ2) is 6.58. The second-order valence-corrected chi connectivity index (χ2v) is 5.23. The van der Waals surface area contributed by atoms with E-state index in [9.17, 15) is 14.3 Å². The predicted molar refractivity (Wildman–Crippen MR) is 84.2 cm³/mol. The Morgan fingerprint density at radius 2 is 2.13 bits per heavy atom. The number of aliphatic hydroxyl groups is 1. The van der Waals surface area contributed by atoms with Gasteiger partial charge in [-0.3, -0.25) is 4.79 Å². The third-order valence-electron chi connectivity index (χ3n) is 3.64. The lowest BCUT2D eigenvalue weighted by Crippen LogP contribution is -2.29. The van der Waals surface area contributed by atoms with Gasteiger partial charge in [0, 0.05) is 29.9 Å². The molecule has 6 heteroatoms. The Bertz CT molecular complexity index is 831. The molecule has 0 aliphatic carbocycles. The minimum Gasteiger partial charge on any atom is -0.386 e. The first-order chi connectivity index (χ1) is 11.1. The van der Waals surface area contributed by atoms with E-state index in [4.69, 9.17) is 0 Å². The molecule has 0 saturated heterocycles. The zero-order valence-electron chi connectivity index (χ0n) is 12.3. The number of rotatable bonds is 5. The number of pyridine rings is 1. The summed E-state index contributed by atoms with van der Waals surface area (Å²) in [6, 6.07) is 9.66. The first-order valence-electron chi connectivity index (χ1n) is 7.25. The highest BCUT2D eigenvalue weighted by Gasteiger charge is 2.14. The lowest BCUT2D eigenvalue weighted by molar-refractivity contribution is -0.120. The lowest BCUT2D eigenvalue weighted by atomic mass is 10.1. The summed E-state index contributed by atoms with van der Waals surface area (Å²) in [5, 5.41) is 13.5. The molecule has 3 aromatic rings. The molecule has 118 valence electrons. The van der Waals surface area contributed by atoms with Crippen molar-refractivity contribution in [2.24, 2.45) is 0 Å². The number of benzene rings is 1. The molecule has 0 spiro atoms. The first-order valence-corrected chi connectivity index (χ1v) is 7.25. The number of carbonyl (C=O) groups is 1. The fraction of sp³-hybridized carbons (Fsp3) is 0.176. The molecule has 1 amide bonds. The van der Waals surface area contributed by atoms with Gasteiger partial charge < -0.3 is 15.4 Å². The number of carbonyl (C=O) groups excluding carboxylic acids is 1. The summed E-state index contributed by atoms with van der Waals surface area (Å²) in [6.45, 7) is -0.0413. The van der Waals surface area contributed by atoms with Crippen molar-refractivity contribution < 1.29 is 14.3 Å². The average Bonchev–Trinajstić information content (AvgIpc) is 2.96. The summed E-state index contributed by atoms with van der Waals surface area (Å²) in [5.41, 5.74) is 1.72. The van der Waals surface area contributed by atoms with Gasteiger partial charge in [0.15, 0.2) is 0 Å². The molecule has 0 saturated carbocycles. The van der Waals surface area contributed by atoms with Crippen molar-refractivity contribution in [3.8, 4) is 0 Å². The van der Waals surface area contributed by atoms with E-state index in [2.05, 4.69) is 15.3 Å². The summed E-state index contributed by atoms with van der Waals surface area (Å²) in [5.74, 6) is -0.734. The smallest absolute Gasteiger partial charge is 0.224 e. The van der Waals surface area contributed by atoms with Crippen LogP contribution >= 0.6 is 0 Å². The molecule has 2 aromatic heterocycles. The molecule has 0 fully saturated rings. The van der Waals surface area contributed by atoms with E-state index in [-0.39, 0.29) is 24.4 Å². The second-order valence-electron chi connectivity index (χ2n) is 5.23. The highest BCUT2D eigenvalue weighted by atomic mass is 19.1. The molecule has 0 unspecified atom stereocenters. The number of H-pyrrole nitrogens is 1. The molecule has 23 heavy (non-hydrogen) atoms. The summed E-state index contributed by atoms with van der Waals surface area (Å²) < 4.78 is 13.6. The monoisotopic (exact) mass is 313 g/mol. The first kappa shape index (κ1) is 15.2. The normalized spacial score (nSPS) is 12.3. The van der Waals surface area contributed by atoms with E-state index in [1.165, 1.54) is 12.1 Å². The van der Waals surface area contributed by atoms with Gasteiger partial charge in [-0.15, -0.1) is 0 Å². The highest BCUT2D eigenvalue weighted by molar-refractivity contribution is 5.87. The van der Waals surface area contributed by atoms with Crippen molar-refractivity contribution in [1.29, 1.82) is 0 Å².